The lowest BCUT2D eigenvalue weighted by atomic mass is 10.1. The van der Waals surface area contributed by atoms with E-state index in [1.807, 2.05) is 18.2 Å². The molecule has 0 bridgehead atoms. The molecule has 0 aromatic heterocycles. The van der Waals surface area contributed by atoms with Crippen molar-refractivity contribution >= 4 is 5.91 Å². The molecule has 0 radical (unpaired) electrons. The Balaban J connectivity index is 1.38. The van der Waals surface area contributed by atoms with Gasteiger partial charge in [0.05, 0.1) is 5.56 Å². The van der Waals surface area contributed by atoms with Crippen molar-refractivity contribution in [2.75, 3.05) is 26.3 Å². The first-order valence-electron chi connectivity index (χ1n) is 8.75. The Bertz CT molecular complexity index is 748. The van der Waals surface area contributed by atoms with E-state index in [2.05, 4.69) is 34.5 Å². The number of hydrogen-bond acceptors (Lipinski definition) is 4. The first-order chi connectivity index (χ1) is 12.3. The van der Waals surface area contributed by atoms with Crippen LogP contribution >= 0.6 is 0 Å². The third-order valence-electron chi connectivity index (χ3n) is 4.67. The zero-order chi connectivity index (χ0) is 17.1. The second-order valence-electron chi connectivity index (χ2n) is 6.51. The second-order valence-corrected chi connectivity index (χ2v) is 6.51. The molecule has 0 spiro atoms. The molecular weight excluding hydrogens is 316 g/mol. The predicted molar refractivity (Wildman–Crippen MR) is 95.0 cm³/mol. The van der Waals surface area contributed by atoms with Crippen molar-refractivity contribution in [1.82, 2.24) is 10.2 Å². The summed E-state index contributed by atoms with van der Waals surface area (Å²) >= 11 is 0. The molecular formula is C20H22N2O3. The lowest BCUT2D eigenvalue weighted by Gasteiger charge is -2.21. The van der Waals surface area contributed by atoms with Crippen LogP contribution in [0.2, 0.25) is 0 Å². The van der Waals surface area contributed by atoms with Crippen LogP contribution in [0.1, 0.15) is 22.3 Å². The average Bonchev–Trinajstić information content (AvgIpc) is 3.09. The van der Waals surface area contributed by atoms with E-state index in [9.17, 15) is 4.79 Å². The third-order valence-corrected chi connectivity index (χ3v) is 4.67. The van der Waals surface area contributed by atoms with Gasteiger partial charge < -0.3 is 14.8 Å². The number of amides is 1. The number of likely N-dealkylation sites (tertiary alicyclic amines) is 1. The number of rotatable bonds is 4. The summed E-state index contributed by atoms with van der Waals surface area (Å²) < 4.78 is 11.2. The monoisotopic (exact) mass is 338 g/mol. The molecule has 1 fully saturated rings. The van der Waals surface area contributed by atoms with Gasteiger partial charge in [0.1, 0.15) is 13.2 Å². The first-order valence-corrected chi connectivity index (χ1v) is 8.75. The summed E-state index contributed by atoms with van der Waals surface area (Å²) in [5, 5.41) is 3.14. The molecule has 2 heterocycles. The minimum atomic E-state index is -0.0890. The van der Waals surface area contributed by atoms with Crippen molar-refractivity contribution in [3.05, 3.63) is 59.7 Å². The normalized spacial score (nSPS) is 19.6. The molecule has 5 nitrogen and oxygen atoms in total. The van der Waals surface area contributed by atoms with Crippen LogP contribution in [0, 0.1) is 0 Å². The Kier molecular flexibility index (Phi) is 4.57. The summed E-state index contributed by atoms with van der Waals surface area (Å²) in [6.07, 6.45) is 0.963. The van der Waals surface area contributed by atoms with Crippen LogP contribution in [0.3, 0.4) is 0 Å². The van der Waals surface area contributed by atoms with Crippen molar-refractivity contribution in [3.8, 4) is 11.5 Å². The van der Waals surface area contributed by atoms with Gasteiger partial charge in [-0.1, -0.05) is 36.4 Å². The van der Waals surface area contributed by atoms with E-state index in [4.69, 9.17) is 9.47 Å². The molecule has 0 saturated carbocycles. The molecule has 1 unspecified atom stereocenters. The molecule has 2 aromatic carbocycles. The Morgan fingerprint density at radius 2 is 1.92 bits per heavy atom. The van der Waals surface area contributed by atoms with Crippen LogP contribution in [0.15, 0.2) is 48.5 Å². The first kappa shape index (κ1) is 16.0. The van der Waals surface area contributed by atoms with Gasteiger partial charge in [-0.15, -0.1) is 0 Å². The zero-order valence-corrected chi connectivity index (χ0v) is 14.1. The van der Waals surface area contributed by atoms with E-state index in [0.717, 1.165) is 26.1 Å². The van der Waals surface area contributed by atoms with Crippen molar-refractivity contribution in [2.24, 2.45) is 0 Å². The Morgan fingerprint density at radius 1 is 1.08 bits per heavy atom. The molecule has 4 rings (SSSR count). The largest absolute Gasteiger partial charge is 0.486 e. The fourth-order valence-corrected chi connectivity index (χ4v) is 3.45. The smallest absolute Gasteiger partial charge is 0.255 e. The number of fused-ring (bicyclic) bond motifs is 1. The molecule has 2 aliphatic heterocycles. The van der Waals surface area contributed by atoms with E-state index in [-0.39, 0.29) is 11.9 Å². The van der Waals surface area contributed by atoms with Crippen molar-refractivity contribution in [1.29, 1.82) is 0 Å². The predicted octanol–water partition coefficient (Wildman–Crippen LogP) is 2.46. The van der Waals surface area contributed by atoms with Crippen LogP contribution in [0.5, 0.6) is 11.5 Å². The fourth-order valence-electron chi connectivity index (χ4n) is 3.45. The molecule has 2 aromatic rings. The van der Waals surface area contributed by atoms with Gasteiger partial charge in [0, 0.05) is 25.7 Å². The summed E-state index contributed by atoms with van der Waals surface area (Å²) in [5.41, 5.74) is 1.86. The summed E-state index contributed by atoms with van der Waals surface area (Å²) in [7, 11) is 0. The molecule has 1 amide bonds. The Hall–Kier alpha value is -2.53. The van der Waals surface area contributed by atoms with E-state index < -0.39 is 0 Å². The standard InChI is InChI=1S/C20H22N2O3/c23-20(17-7-4-8-18-19(17)25-12-11-24-18)21-16-9-10-22(14-16)13-15-5-2-1-3-6-15/h1-8,16H,9-14H2,(H,21,23). The van der Waals surface area contributed by atoms with Gasteiger partial charge in [-0.25, -0.2) is 0 Å². The van der Waals surface area contributed by atoms with Gasteiger partial charge in [-0.2, -0.15) is 0 Å². The molecule has 1 atom stereocenters. The number of benzene rings is 2. The topological polar surface area (TPSA) is 50.8 Å². The summed E-state index contributed by atoms with van der Waals surface area (Å²) in [5.74, 6) is 1.12. The summed E-state index contributed by atoms with van der Waals surface area (Å²) in [6, 6.07) is 16.1. The van der Waals surface area contributed by atoms with Crippen LogP contribution in [0.4, 0.5) is 0 Å². The number of ether oxygens (including phenoxy) is 2. The summed E-state index contributed by atoms with van der Waals surface area (Å²) in [4.78, 5) is 15.0. The molecule has 5 heteroatoms. The number of carbonyl (C=O) groups is 1. The van der Waals surface area contributed by atoms with Crippen LogP contribution in [-0.2, 0) is 6.54 Å². The maximum Gasteiger partial charge on any atom is 0.255 e. The molecule has 1 saturated heterocycles. The van der Waals surface area contributed by atoms with Crippen LogP contribution in [0.25, 0.3) is 0 Å². The van der Waals surface area contributed by atoms with Crippen molar-refractivity contribution < 1.29 is 14.3 Å². The third kappa shape index (κ3) is 3.61. The maximum atomic E-state index is 12.7. The minimum absolute atomic E-state index is 0.0890. The minimum Gasteiger partial charge on any atom is -0.486 e. The van der Waals surface area contributed by atoms with Gasteiger partial charge >= 0.3 is 0 Å². The maximum absolute atomic E-state index is 12.7. The van der Waals surface area contributed by atoms with Crippen molar-refractivity contribution in [3.63, 3.8) is 0 Å². The fraction of sp³-hybridized carbons (Fsp3) is 0.350. The molecule has 2 aliphatic rings. The number of carbonyl (C=O) groups excluding carboxylic acids is 1. The molecule has 0 aliphatic carbocycles. The lowest BCUT2D eigenvalue weighted by Crippen LogP contribution is -2.37. The van der Waals surface area contributed by atoms with Crippen LogP contribution in [-0.4, -0.2) is 43.2 Å². The zero-order valence-electron chi connectivity index (χ0n) is 14.1. The molecule has 130 valence electrons. The Morgan fingerprint density at radius 3 is 2.80 bits per heavy atom. The van der Waals surface area contributed by atoms with Gasteiger partial charge in [-0.05, 0) is 24.1 Å². The van der Waals surface area contributed by atoms with E-state index in [1.165, 1.54) is 5.56 Å². The van der Waals surface area contributed by atoms with E-state index in [0.29, 0.717) is 30.3 Å². The Labute approximate surface area is 147 Å². The van der Waals surface area contributed by atoms with Gasteiger partial charge in [-0.3, -0.25) is 9.69 Å². The number of nitrogens with one attached hydrogen (secondary N) is 1. The number of para-hydroxylation sites is 1. The average molecular weight is 338 g/mol. The van der Waals surface area contributed by atoms with Crippen molar-refractivity contribution in [2.45, 2.75) is 19.0 Å². The quantitative estimate of drug-likeness (QED) is 0.930. The van der Waals surface area contributed by atoms with Gasteiger partial charge in [0.25, 0.3) is 5.91 Å². The van der Waals surface area contributed by atoms with Gasteiger partial charge in [0.2, 0.25) is 0 Å². The SMILES string of the molecule is O=C(NC1CCN(Cc2ccccc2)C1)c1cccc2c1OCCO2. The van der Waals surface area contributed by atoms with E-state index in [1.54, 1.807) is 6.07 Å². The lowest BCUT2D eigenvalue weighted by molar-refractivity contribution is 0.0926. The highest BCUT2D eigenvalue weighted by Crippen LogP contribution is 2.33. The summed E-state index contributed by atoms with van der Waals surface area (Å²) in [6.45, 7) is 3.78. The highest BCUT2D eigenvalue weighted by atomic mass is 16.6. The number of nitrogens with zero attached hydrogens (tertiary/aromatic N) is 1. The molecule has 1 N–H and O–H groups in total. The second kappa shape index (κ2) is 7.15. The highest BCUT2D eigenvalue weighted by molar-refractivity contribution is 5.98. The number of hydrogen-bond donors (Lipinski definition) is 1. The highest BCUT2D eigenvalue weighted by Gasteiger charge is 2.26. The van der Waals surface area contributed by atoms with Crippen LogP contribution < -0.4 is 14.8 Å². The molecule has 25 heavy (non-hydrogen) atoms. The van der Waals surface area contributed by atoms with Gasteiger partial charge in [0.15, 0.2) is 11.5 Å². The van der Waals surface area contributed by atoms with E-state index >= 15 is 0 Å².